The smallest absolute Gasteiger partial charge is 0.223 e. The van der Waals surface area contributed by atoms with Crippen LogP contribution in [0, 0.1) is 0 Å². The van der Waals surface area contributed by atoms with E-state index in [1.165, 1.54) is 19.3 Å². The minimum absolute atomic E-state index is 0.185. The summed E-state index contributed by atoms with van der Waals surface area (Å²) in [6.45, 7) is 0. The lowest BCUT2D eigenvalue weighted by molar-refractivity contribution is -0.133. The highest BCUT2D eigenvalue weighted by molar-refractivity contribution is 6.18. The lowest BCUT2D eigenvalue weighted by Gasteiger charge is -2.34. The Hall–Kier alpha value is -0.240. The molecule has 0 spiro atoms. The lowest BCUT2D eigenvalue weighted by atomic mass is 9.92. The van der Waals surface area contributed by atoms with Gasteiger partial charge in [0, 0.05) is 25.4 Å². The topological polar surface area (TPSA) is 20.3 Å². The number of amides is 1. The molecule has 0 bridgehead atoms. The standard InChI is InChI=1S/C8H14ClNO/c1-10(7-3-2-4-7)8(11)5-6-9/h7H,2-6H2,1H3. The molecular formula is C8H14ClNO. The fourth-order valence-electron chi connectivity index (χ4n) is 1.23. The molecule has 0 aromatic carbocycles. The van der Waals surface area contributed by atoms with E-state index in [9.17, 15) is 4.79 Å². The molecule has 1 aliphatic rings. The van der Waals surface area contributed by atoms with Crippen LogP contribution in [0.2, 0.25) is 0 Å². The van der Waals surface area contributed by atoms with E-state index in [0.717, 1.165) is 0 Å². The van der Waals surface area contributed by atoms with Crippen LogP contribution in [0.15, 0.2) is 0 Å². The molecule has 0 heterocycles. The molecule has 3 heteroatoms. The van der Waals surface area contributed by atoms with Gasteiger partial charge in [-0.2, -0.15) is 0 Å². The van der Waals surface area contributed by atoms with Crippen molar-refractivity contribution >= 4 is 17.5 Å². The first-order valence-corrected chi connectivity index (χ1v) is 4.60. The molecule has 0 aromatic heterocycles. The van der Waals surface area contributed by atoms with Gasteiger partial charge in [0.2, 0.25) is 5.91 Å². The zero-order chi connectivity index (χ0) is 8.27. The van der Waals surface area contributed by atoms with Crippen LogP contribution >= 0.6 is 11.6 Å². The average molecular weight is 176 g/mol. The maximum absolute atomic E-state index is 11.2. The van der Waals surface area contributed by atoms with E-state index < -0.39 is 0 Å². The van der Waals surface area contributed by atoms with Gasteiger partial charge < -0.3 is 4.90 Å². The van der Waals surface area contributed by atoms with Gasteiger partial charge in [-0.3, -0.25) is 4.79 Å². The quantitative estimate of drug-likeness (QED) is 0.597. The molecule has 0 aliphatic heterocycles. The summed E-state index contributed by atoms with van der Waals surface area (Å²) in [6.07, 6.45) is 4.09. The van der Waals surface area contributed by atoms with Crippen molar-refractivity contribution in [2.75, 3.05) is 12.9 Å². The van der Waals surface area contributed by atoms with Crippen LogP contribution in [0.3, 0.4) is 0 Å². The van der Waals surface area contributed by atoms with Gasteiger partial charge in [0.15, 0.2) is 0 Å². The largest absolute Gasteiger partial charge is 0.343 e. The second-order valence-corrected chi connectivity index (χ2v) is 3.41. The van der Waals surface area contributed by atoms with Gasteiger partial charge in [-0.05, 0) is 19.3 Å². The predicted octanol–water partition coefficient (Wildman–Crippen LogP) is 1.63. The summed E-state index contributed by atoms with van der Waals surface area (Å²) in [5, 5.41) is 0. The minimum Gasteiger partial charge on any atom is -0.343 e. The number of carbonyl (C=O) groups is 1. The van der Waals surface area contributed by atoms with Gasteiger partial charge in [-0.1, -0.05) is 0 Å². The number of hydrogen-bond donors (Lipinski definition) is 0. The van der Waals surface area contributed by atoms with Crippen molar-refractivity contribution in [3.63, 3.8) is 0 Å². The Balaban J connectivity index is 2.27. The van der Waals surface area contributed by atoms with Gasteiger partial charge in [0.25, 0.3) is 0 Å². The number of hydrogen-bond acceptors (Lipinski definition) is 1. The van der Waals surface area contributed by atoms with Crippen molar-refractivity contribution in [3.8, 4) is 0 Å². The Bertz CT molecular complexity index is 145. The van der Waals surface area contributed by atoms with Crippen LogP contribution in [0.4, 0.5) is 0 Å². The summed E-state index contributed by atoms with van der Waals surface area (Å²) >= 11 is 5.46. The molecule has 0 N–H and O–H groups in total. The summed E-state index contributed by atoms with van der Waals surface area (Å²) < 4.78 is 0. The molecule has 1 aliphatic carbocycles. The monoisotopic (exact) mass is 175 g/mol. The second kappa shape index (κ2) is 3.96. The van der Waals surface area contributed by atoms with Crippen molar-refractivity contribution in [2.45, 2.75) is 31.7 Å². The van der Waals surface area contributed by atoms with E-state index in [1.807, 2.05) is 11.9 Å². The van der Waals surface area contributed by atoms with Crippen LogP contribution in [0.25, 0.3) is 0 Å². The Morgan fingerprint density at radius 3 is 2.64 bits per heavy atom. The highest BCUT2D eigenvalue weighted by atomic mass is 35.5. The van der Waals surface area contributed by atoms with Gasteiger partial charge in [-0.15, -0.1) is 11.6 Å². The molecule has 1 rings (SSSR count). The first kappa shape index (κ1) is 8.85. The third kappa shape index (κ3) is 2.09. The fraction of sp³-hybridized carbons (Fsp3) is 0.875. The van der Waals surface area contributed by atoms with E-state index >= 15 is 0 Å². The maximum atomic E-state index is 11.2. The first-order chi connectivity index (χ1) is 5.25. The number of rotatable bonds is 3. The highest BCUT2D eigenvalue weighted by Crippen LogP contribution is 2.23. The van der Waals surface area contributed by atoms with E-state index in [0.29, 0.717) is 18.3 Å². The molecule has 0 radical (unpaired) electrons. The van der Waals surface area contributed by atoms with Gasteiger partial charge in [-0.25, -0.2) is 0 Å². The van der Waals surface area contributed by atoms with E-state index in [2.05, 4.69) is 0 Å². The Kier molecular flexibility index (Phi) is 3.18. The van der Waals surface area contributed by atoms with Gasteiger partial charge in [0.05, 0.1) is 0 Å². The van der Waals surface area contributed by atoms with E-state index in [4.69, 9.17) is 11.6 Å². The van der Waals surface area contributed by atoms with Crippen LogP contribution < -0.4 is 0 Å². The SMILES string of the molecule is CN(C(=O)CCCl)C1CCC1. The van der Waals surface area contributed by atoms with Crippen molar-refractivity contribution in [2.24, 2.45) is 0 Å². The third-order valence-corrected chi connectivity index (χ3v) is 2.51. The van der Waals surface area contributed by atoms with Crippen LogP contribution in [0.5, 0.6) is 0 Å². The summed E-state index contributed by atoms with van der Waals surface area (Å²) in [4.78, 5) is 13.1. The summed E-state index contributed by atoms with van der Waals surface area (Å²) in [5.74, 6) is 0.625. The summed E-state index contributed by atoms with van der Waals surface area (Å²) in [7, 11) is 1.87. The normalized spacial score (nSPS) is 17.6. The molecule has 1 amide bonds. The zero-order valence-electron chi connectivity index (χ0n) is 6.85. The Morgan fingerprint density at radius 2 is 2.27 bits per heavy atom. The van der Waals surface area contributed by atoms with Crippen molar-refractivity contribution in [1.29, 1.82) is 0 Å². The Labute approximate surface area is 72.5 Å². The van der Waals surface area contributed by atoms with Crippen LogP contribution in [-0.2, 0) is 4.79 Å². The molecule has 1 fully saturated rings. The molecule has 2 nitrogen and oxygen atoms in total. The molecule has 0 aromatic rings. The van der Waals surface area contributed by atoms with Crippen molar-refractivity contribution in [1.82, 2.24) is 4.90 Å². The predicted molar refractivity (Wildman–Crippen MR) is 45.7 cm³/mol. The zero-order valence-corrected chi connectivity index (χ0v) is 7.60. The van der Waals surface area contributed by atoms with Crippen LogP contribution in [-0.4, -0.2) is 29.8 Å². The highest BCUT2D eigenvalue weighted by Gasteiger charge is 2.24. The van der Waals surface area contributed by atoms with E-state index in [-0.39, 0.29) is 5.91 Å². The molecule has 0 atom stereocenters. The number of halogens is 1. The number of alkyl halides is 1. The Morgan fingerprint density at radius 1 is 1.64 bits per heavy atom. The third-order valence-electron chi connectivity index (χ3n) is 2.32. The van der Waals surface area contributed by atoms with E-state index in [1.54, 1.807) is 0 Å². The first-order valence-electron chi connectivity index (χ1n) is 4.07. The molecular weight excluding hydrogens is 162 g/mol. The fourth-order valence-corrected chi connectivity index (χ4v) is 1.40. The van der Waals surface area contributed by atoms with Crippen LogP contribution in [0.1, 0.15) is 25.7 Å². The number of nitrogens with zero attached hydrogens (tertiary/aromatic N) is 1. The van der Waals surface area contributed by atoms with Crippen molar-refractivity contribution in [3.05, 3.63) is 0 Å². The summed E-state index contributed by atoms with van der Waals surface area (Å²) in [6, 6.07) is 0.505. The maximum Gasteiger partial charge on any atom is 0.223 e. The van der Waals surface area contributed by atoms with Crippen molar-refractivity contribution < 1.29 is 4.79 Å². The molecule has 11 heavy (non-hydrogen) atoms. The van der Waals surface area contributed by atoms with Gasteiger partial charge in [0.1, 0.15) is 0 Å². The lowest BCUT2D eigenvalue weighted by Crippen LogP contribution is -2.41. The number of carbonyl (C=O) groups excluding carboxylic acids is 1. The molecule has 0 saturated heterocycles. The molecule has 64 valence electrons. The summed E-state index contributed by atoms with van der Waals surface area (Å²) in [5.41, 5.74) is 0. The molecule has 0 unspecified atom stereocenters. The minimum atomic E-state index is 0.185. The van der Waals surface area contributed by atoms with Gasteiger partial charge >= 0.3 is 0 Å². The molecule has 1 saturated carbocycles. The second-order valence-electron chi connectivity index (χ2n) is 3.03. The average Bonchev–Trinajstić information content (AvgIpc) is 1.84.